The summed E-state index contributed by atoms with van der Waals surface area (Å²) >= 11 is 0. The molecule has 110 valence electrons. The predicted molar refractivity (Wildman–Crippen MR) is 67.2 cm³/mol. The highest BCUT2D eigenvalue weighted by Crippen LogP contribution is 2.27. The number of likely N-dealkylation sites (tertiary alicyclic amines) is 1. The third-order valence-corrected chi connectivity index (χ3v) is 3.37. The number of amides is 1. The van der Waals surface area contributed by atoms with E-state index in [1.807, 2.05) is 7.05 Å². The lowest BCUT2D eigenvalue weighted by Crippen LogP contribution is -2.30. The molecule has 1 N–H and O–H groups in total. The second-order valence-corrected chi connectivity index (χ2v) is 4.89. The fraction of sp³-hybridized carbons (Fsp3) is 0.538. The molecule has 0 aliphatic carbocycles. The van der Waals surface area contributed by atoms with Gasteiger partial charge in [-0.25, -0.2) is 0 Å². The van der Waals surface area contributed by atoms with Crippen LogP contribution in [0, 0.1) is 5.92 Å². The minimum Gasteiger partial charge on any atom is -0.338 e. The van der Waals surface area contributed by atoms with Gasteiger partial charge in [0, 0.05) is 19.3 Å². The van der Waals surface area contributed by atoms with Gasteiger partial charge in [-0.15, -0.1) is 0 Å². The topological polar surface area (TPSA) is 45.2 Å². The van der Waals surface area contributed by atoms with Gasteiger partial charge >= 0.3 is 6.18 Å². The zero-order chi connectivity index (χ0) is 14.8. The van der Waals surface area contributed by atoms with Crippen LogP contribution in [0.5, 0.6) is 0 Å². The lowest BCUT2D eigenvalue weighted by Gasteiger charge is -2.16. The van der Waals surface area contributed by atoms with E-state index < -0.39 is 11.9 Å². The molecule has 1 unspecified atom stereocenters. The van der Waals surface area contributed by atoms with Gasteiger partial charge in [0.05, 0.1) is 5.56 Å². The molecule has 0 spiro atoms. The lowest BCUT2D eigenvalue weighted by atomic mass is 10.1. The van der Waals surface area contributed by atoms with E-state index in [1.54, 1.807) is 4.90 Å². The number of rotatable bonds is 3. The molecule has 1 atom stereocenters. The Labute approximate surface area is 115 Å². The molecule has 7 heteroatoms. The first kappa shape index (κ1) is 14.8. The summed E-state index contributed by atoms with van der Waals surface area (Å²) in [5, 5.41) is 3.06. The summed E-state index contributed by atoms with van der Waals surface area (Å²) < 4.78 is 37.2. The molecular formula is C13H16F3N3O. The number of hydrogen-bond acceptors (Lipinski definition) is 3. The van der Waals surface area contributed by atoms with Crippen molar-refractivity contribution in [3.63, 3.8) is 0 Å². The van der Waals surface area contributed by atoms with Crippen molar-refractivity contribution >= 4 is 5.91 Å². The molecule has 20 heavy (non-hydrogen) atoms. The Balaban J connectivity index is 2.03. The molecule has 1 aliphatic rings. The van der Waals surface area contributed by atoms with Gasteiger partial charge in [0.15, 0.2) is 0 Å². The number of pyridine rings is 1. The third kappa shape index (κ3) is 3.27. The fourth-order valence-electron chi connectivity index (χ4n) is 2.34. The molecule has 1 saturated heterocycles. The van der Waals surface area contributed by atoms with E-state index in [2.05, 4.69) is 10.3 Å². The number of hydrogen-bond donors (Lipinski definition) is 1. The van der Waals surface area contributed by atoms with Crippen LogP contribution in [-0.4, -0.2) is 42.5 Å². The van der Waals surface area contributed by atoms with Crippen LogP contribution in [0.3, 0.4) is 0 Å². The quantitative estimate of drug-likeness (QED) is 0.921. The number of alkyl halides is 3. The second-order valence-electron chi connectivity index (χ2n) is 4.89. The molecule has 2 rings (SSSR count). The maximum atomic E-state index is 12.4. The minimum atomic E-state index is -4.48. The maximum absolute atomic E-state index is 12.4. The summed E-state index contributed by atoms with van der Waals surface area (Å²) in [4.78, 5) is 17.1. The second kappa shape index (κ2) is 5.78. The number of nitrogens with zero attached hydrogens (tertiary/aromatic N) is 2. The molecule has 1 aromatic rings. The van der Waals surface area contributed by atoms with E-state index in [-0.39, 0.29) is 11.5 Å². The van der Waals surface area contributed by atoms with Gasteiger partial charge in [-0.05, 0) is 38.1 Å². The summed E-state index contributed by atoms with van der Waals surface area (Å²) in [5.41, 5.74) is -0.786. The summed E-state index contributed by atoms with van der Waals surface area (Å²) in [6.07, 6.45) is -2.58. The Morgan fingerprint density at radius 1 is 1.50 bits per heavy atom. The fourth-order valence-corrected chi connectivity index (χ4v) is 2.34. The first-order valence-corrected chi connectivity index (χ1v) is 6.39. The molecule has 1 aromatic heterocycles. The normalized spacial score (nSPS) is 19.4. The molecule has 4 nitrogen and oxygen atoms in total. The molecule has 1 fully saturated rings. The number of carbonyl (C=O) groups excluding carboxylic acids is 1. The molecular weight excluding hydrogens is 271 g/mol. The zero-order valence-electron chi connectivity index (χ0n) is 11.1. The Hall–Kier alpha value is -1.63. The third-order valence-electron chi connectivity index (χ3n) is 3.37. The minimum absolute atomic E-state index is 0.197. The largest absolute Gasteiger partial charge is 0.433 e. The average Bonchev–Trinajstić information content (AvgIpc) is 2.86. The molecule has 0 aromatic carbocycles. The summed E-state index contributed by atoms with van der Waals surface area (Å²) in [7, 11) is 1.85. The molecule has 0 radical (unpaired) electrons. The zero-order valence-corrected chi connectivity index (χ0v) is 11.1. The van der Waals surface area contributed by atoms with E-state index in [0.29, 0.717) is 19.0 Å². The van der Waals surface area contributed by atoms with E-state index >= 15 is 0 Å². The van der Waals surface area contributed by atoms with Gasteiger partial charge in [0.2, 0.25) is 0 Å². The highest BCUT2D eigenvalue weighted by atomic mass is 19.4. The van der Waals surface area contributed by atoms with Crippen LogP contribution in [0.2, 0.25) is 0 Å². The predicted octanol–water partition coefficient (Wildman–Crippen LogP) is 1.78. The smallest absolute Gasteiger partial charge is 0.338 e. The summed E-state index contributed by atoms with van der Waals surface area (Å²) in [6.45, 7) is 2.09. The lowest BCUT2D eigenvalue weighted by molar-refractivity contribution is -0.141. The van der Waals surface area contributed by atoms with E-state index in [4.69, 9.17) is 0 Å². The maximum Gasteiger partial charge on any atom is 0.433 e. The van der Waals surface area contributed by atoms with Crippen LogP contribution in [-0.2, 0) is 6.18 Å². The molecule has 0 saturated carbocycles. The van der Waals surface area contributed by atoms with Crippen LogP contribution < -0.4 is 5.32 Å². The van der Waals surface area contributed by atoms with Crippen molar-refractivity contribution in [2.45, 2.75) is 12.6 Å². The van der Waals surface area contributed by atoms with Crippen molar-refractivity contribution in [1.29, 1.82) is 0 Å². The number of aromatic nitrogens is 1. The standard InChI is InChI=1S/C13H16F3N3O/c1-17-6-9-4-5-19(8-9)12(20)10-2-3-11(18-7-10)13(14,15)16/h2-3,7,9,17H,4-6,8H2,1H3. The first-order chi connectivity index (χ1) is 9.41. The molecule has 2 heterocycles. The Kier molecular flexibility index (Phi) is 4.27. The monoisotopic (exact) mass is 287 g/mol. The van der Waals surface area contributed by atoms with Crippen LogP contribution in [0.15, 0.2) is 18.3 Å². The van der Waals surface area contributed by atoms with Crippen molar-refractivity contribution < 1.29 is 18.0 Å². The van der Waals surface area contributed by atoms with Crippen molar-refractivity contribution in [2.24, 2.45) is 5.92 Å². The van der Waals surface area contributed by atoms with Crippen LogP contribution in [0.1, 0.15) is 22.5 Å². The first-order valence-electron chi connectivity index (χ1n) is 6.39. The van der Waals surface area contributed by atoms with Crippen LogP contribution in [0.25, 0.3) is 0 Å². The molecule has 0 bridgehead atoms. The van der Waals surface area contributed by atoms with Gasteiger partial charge in [-0.1, -0.05) is 0 Å². The number of halogens is 3. The Morgan fingerprint density at radius 2 is 2.25 bits per heavy atom. The number of nitrogens with one attached hydrogen (secondary N) is 1. The van der Waals surface area contributed by atoms with Gasteiger partial charge in [-0.3, -0.25) is 9.78 Å². The van der Waals surface area contributed by atoms with Gasteiger partial charge < -0.3 is 10.2 Å². The van der Waals surface area contributed by atoms with E-state index in [9.17, 15) is 18.0 Å². The van der Waals surface area contributed by atoms with Crippen LogP contribution in [0.4, 0.5) is 13.2 Å². The van der Waals surface area contributed by atoms with Gasteiger partial charge in [0.1, 0.15) is 5.69 Å². The van der Waals surface area contributed by atoms with Gasteiger partial charge in [-0.2, -0.15) is 13.2 Å². The average molecular weight is 287 g/mol. The van der Waals surface area contributed by atoms with Crippen molar-refractivity contribution in [1.82, 2.24) is 15.2 Å². The van der Waals surface area contributed by atoms with Crippen molar-refractivity contribution in [2.75, 3.05) is 26.7 Å². The Bertz CT molecular complexity index is 473. The highest BCUT2D eigenvalue weighted by molar-refractivity contribution is 5.94. The van der Waals surface area contributed by atoms with Crippen molar-refractivity contribution in [3.05, 3.63) is 29.6 Å². The Morgan fingerprint density at radius 3 is 2.80 bits per heavy atom. The van der Waals surface area contributed by atoms with Crippen molar-refractivity contribution in [3.8, 4) is 0 Å². The van der Waals surface area contributed by atoms with Crippen LogP contribution >= 0.6 is 0 Å². The summed E-state index contributed by atoms with van der Waals surface area (Å²) in [5.74, 6) is 0.135. The highest BCUT2D eigenvalue weighted by Gasteiger charge is 2.33. The SMILES string of the molecule is CNCC1CCN(C(=O)c2ccc(C(F)(F)F)nc2)C1. The van der Waals surface area contributed by atoms with E-state index in [0.717, 1.165) is 25.2 Å². The number of carbonyl (C=O) groups is 1. The molecule has 1 amide bonds. The summed E-state index contributed by atoms with van der Waals surface area (Å²) in [6, 6.07) is 2.03. The van der Waals surface area contributed by atoms with Gasteiger partial charge in [0.25, 0.3) is 5.91 Å². The molecule has 1 aliphatic heterocycles. The van der Waals surface area contributed by atoms with E-state index in [1.165, 1.54) is 6.07 Å².